The van der Waals surface area contributed by atoms with Gasteiger partial charge in [-0.3, -0.25) is 0 Å². The van der Waals surface area contributed by atoms with Crippen LogP contribution >= 0.6 is 0 Å². The smallest absolute Gasteiger partial charge is 0.0715 e. The van der Waals surface area contributed by atoms with Crippen LogP contribution in [0, 0.1) is 18.8 Å². The minimum Gasteiger partial charge on any atom is -0.389 e. The van der Waals surface area contributed by atoms with Crippen molar-refractivity contribution in [3.8, 4) is 0 Å². The van der Waals surface area contributed by atoms with Gasteiger partial charge in [0.15, 0.2) is 0 Å². The molecule has 2 rings (SSSR count). The molecule has 0 radical (unpaired) electrons. The van der Waals surface area contributed by atoms with Crippen molar-refractivity contribution < 1.29 is 5.11 Å². The van der Waals surface area contributed by atoms with Crippen LogP contribution in [0.4, 0.5) is 0 Å². The van der Waals surface area contributed by atoms with E-state index in [9.17, 15) is 5.11 Å². The first-order valence-corrected chi connectivity index (χ1v) is 6.77. The van der Waals surface area contributed by atoms with Gasteiger partial charge in [0.05, 0.1) is 5.60 Å². The molecule has 17 heavy (non-hydrogen) atoms. The van der Waals surface area contributed by atoms with Crippen LogP contribution < -0.4 is 0 Å². The summed E-state index contributed by atoms with van der Waals surface area (Å²) in [4.78, 5) is 0. The zero-order valence-electron chi connectivity index (χ0n) is 11.2. The van der Waals surface area contributed by atoms with Gasteiger partial charge in [-0.2, -0.15) is 0 Å². The summed E-state index contributed by atoms with van der Waals surface area (Å²) < 4.78 is 0. The topological polar surface area (TPSA) is 20.2 Å². The van der Waals surface area contributed by atoms with Gasteiger partial charge in [-0.25, -0.2) is 0 Å². The minimum absolute atomic E-state index is 0.416. The van der Waals surface area contributed by atoms with Crippen LogP contribution in [0.1, 0.15) is 44.2 Å². The second-order valence-corrected chi connectivity index (χ2v) is 6.06. The Kier molecular flexibility index (Phi) is 3.58. The summed E-state index contributed by atoms with van der Waals surface area (Å²) in [6, 6.07) is 8.53. The van der Waals surface area contributed by atoms with Crippen molar-refractivity contribution in [2.75, 3.05) is 0 Å². The van der Waals surface area contributed by atoms with E-state index in [2.05, 4.69) is 45.0 Å². The Hall–Kier alpha value is -0.820. The van der Waals surface area contributed by atoms with E-state index in [1.165, 1.54) is 17.5 Å². The molecule has 3 unspecified atom stereocenters. The summed E-state index contributed by atoms with van der Waals surface area (Å²) in [6.45, 7) is 6.56. The highest BCUT2D eigenvalue weighted by atomic mass is 16.3. The van der Waals surface area contributed by atoms with E-state index >= 15 is 0 Å². The van der Waals surface area contributed by atoms with Crippen LogP contribution in [0.25, 0.3) is 0 Å². The first-order chi connectivity index (χ1) is 7.99. The third kappa shape index (κ3) is 2.90. The Bertz CT molecular complexity index is 385. The van der Waals surface area contributed by atoms with E-state index in [1.54, 1.807) is 0 Å². The van der Waals surface area contributed by atoms with E-state index in [-0.39, 0.29) is 0 Å². The molecule has 3 atom stereocenters. The largest absolute Gasteiger partial charge is 0.389 e. The lowest BCUT2D eigenvalue weighted by atomic mass is 9.69. The Balaban J connectivity index is 2.15. The van der Waals surface area contributed by atoms with Gasteiger partial charge in [-0.05, 0) is 37.2 Å². The third-order valence-electron chi connectivity index (χ3n) is 4.30. The number of aryl methyl sites for hydroxylation is 1. The summed E-state index contributed by atoms with van der Waals surface area (Å²) in [5.41, 5.74) is 2.06. The molecule has 1 saturated carbocycles. The van der Waals surface area contributed by atoms with Crippen molar-refractivity contribution >= 4 is 0 Å². The van der Waals surface area contributed by atoms with Crippen LogP contribution in [0.2, 0.25) is 0 Å². The molecule has 1 aromatic rings. The van der Waals surface area contributed by atoms with Gasteiger partial charge < -0.3 is 5.11 Å². The zero-order valence-corrected chi connectivity index (χ0v) is 11.2. The molecule has 94 valence electrons. The van der Waals surface area contributed by atoms with Crippen molar-refractivity contribution in [2.45, 2.75) is 52.1 Å². The molecule has 0 bridgehead atoms. The Morgan fingerprint density at radius 2 is 2.06 bits per heavy atom. The molecule has 0 spiro atoms. The summed E-state index contributed by atoms with van der Waals surface area (Å²) in [6.07, 6.45) is 4.17. The van der Waals surface area contributed by atoms with Crippen molar-refractivity contribution in [1.82, 2.24) is 0 Å². The molecule has 1 fully saturated rings. The van der Waals surface area contributed by atoms with Crippen molar-refractivity contribution in [1.29, 1.82) is 0 Å². The third-order valence-corrected chi connectivity index (χ3v) is 4.30. The quantitative estimate of drug-likeness (QED) is 0.824. The van der Waals surface area contributed by atoms with E-state index in [0.29, 0.717) is 11.8 Å². The Morgan fingerprint density at radius 3 is 2.76 bits per heavy atom. The maximum Gasteiger partial charge on any atom is 0.0715 e. The molecule has 1 heteroatoms. The lowest BCUT2D eigenvalue weighted by Crippen LogP contribution is -2.43. The van der Waals surface area contributed by atoms with Gasteiger partial charge in [0, 0.05) is 6.42 Å². The average molecular weight is 232 g/mol. The molecule has 0 heterocycles. The fraction of sp³-hybridized carbons (Fsp3) is 0.625. The van der Waals surface area contributed by atoms with Gasteiger partial charge in [0.2, 0.25) is 0 Å². The van der Waals surface area contributed by atoms with Crippen molar-refractivity contribution in [3.63, 3.8) is 0 Å². The monoisotopic (exact) mass is 232 g/mol. The second kappa shape index (κ2) is 4.81. The predicted octanol–water partition coefficient (Wildman–Crippen LogP) is 3.72. The first kappa shape index (κ1) is 12.6. The summed E-state index contributed by atoms with van der Waals surface area (Å²) in [5.74, 6) is 1.07. The highest BCUT2D eigenvalue weighted by molar-refractivity contribution is 5.24. The SMILES string of the molecule is Cc1cccc(CC2(O)CC(C)CCC2C)c1. The van der Waals surface area contributed by atoms with Crippen LogP contribution in [-0.4, -0.2) is 10.7 Å². The molecule has 0 amide bonds. The maximum absolute atomic E-state index is 10.9. The molecular formula is C16H24O. The number of hydrogen-bond acceptors (Lipinski definition) is 1. The molecular weight excluding hydrogens is 208 g/mol. The van der Waals surface area contributed by atoms with Crippen LogP contribution in [-0.2, 0) is 6.42 Å². The fourth-order valence-electron chi connectivity index (χ4n) is 3.13. The highest BCUT2D eigenvalue weighted by Crippen LogP contribution is 2.39. The lowest BCUT2D eigenvalue weighted by Gasteiger charge is -2.41. The standard InChI is InChI=1S/C16H24O/c1-12-5-4-6-15(9-12)11-16(17)10-13(2)7-8-14(16)3/h4-6,9,13-14,17H,7-8,10-11H2,1-3H3. The summed E-state index contributed by atoms with van der Waals surface area (Å²) in [5, 5.41) is 10.9. The normalized spacial score (nSPS) is 33.6. The number of benzene rings is 1. The van der Waals surface area contributed by atoms with Gasteiger partial charge in [-0.15, -0.1) is 0 Å². The van der Waals surface area contributed by atoms with Gasteiger partial charge in [-0.1, -0.05) is 50.1 Å². The van der Waals surface area contributed by atoms with E-state index in [0.717, 1.165) is 19.3 Å². The number of rotatable bonds is 2. The van der Waals surface area contributed by atoms with Crippen LogP contribution in [0.5, 0.6) is 0 Å². The van der Waals surface area contributed by atoms with Crippen LogP contribution in [0.3, 0.4) is 0 Å². The van der Waals surface area contributed by atoms with Crippen molar-refractivity contribution in [2.24, 2.45) is 11.8 Å². The maximum atomic E-state index is 10.9. The molecule has 1 nitrogen and oxygen atoms in total. The van der Waals surface area contributed by atoms with Gasteiger partial charge >= 0.3 is 0 Å². The summed E-state index contributed by atoms with van der Waals surface area (Å²) in [7, 11) is 0. The fourth-order valence-corrected chi connectivity index (χ4v) is 3.13. The molecule has 0 aromatic heterocycles. The minimum atomic E-state index is -0.495. The van der Waals surface area contributed by atoms with Crippen molar-refractivity contribution in [3.05, 3.63) is 35.4 Å². The first-order valence-electron chi connectivity index (χ1n) is 6.77. The zero-order chi connectivity index (χ0) is 12.5. The molecule has 0 aliphatic heterocycles. The highest BCUT2D eigenvalue weighted by Gasteiger charge is 2.38. The predicted molar refractivity (Wildman–Crippen MR) is 72.0 cm³/mol. The van der Waals surface area contributed by atoms with E-state index in [4.69, 9.17) is 0 Å². The Labute approximate surface area is 105 Å². The Morgan fingerprint density at radius 1 is 1.29 bits per heavy atom. The average Bonchev–Trinajstić information content (AvgIpc) is 2.24. The molecule has 1 aliphatic carbocycles. The van der Waals surface area contributed by atoms with E-state index < -0.39 is 5.60 Å². The number of hydrogen-bond donors (Lipinski definition) is 1. The van der Waals surface area contributed by atoms with Gasteiger partial charge in [0.25, 0.3) is 0 Å². The molecule has 1 aliphatic rings. The molecule has 1 N–H and O–H groups in total. The number of aliphatic hydroxyl groups is 1. The lowest BCUT2D eigenvalue weighted by molar-refractivity contribution is -0.0560. The van der Waals surface area contributed by atoms with E-state index in [1.807, 2.05) is 0 Å². The van der Waals surface area contributed by atoms with Crippen LogP contribution in [0.15, 0.2) is 24.3 Å². The van der Waals surface area contributed by atoms with Gasteiger partial charge in [0.1, 0.15) is 0 Å². The molecule has 0 saturated heterocycles. The second-order valence-electron chi connectivity index (χ2n) is 6.06. The molecule has 1 aromatic carbocycles. The summed E-state index contributed by atoms with van der Waals surface area (Å²) >= 11 is 0.